The third kappa shape index (κ3) is 4.28. The lowest BCUT2D eigenvalue weighted by Crippen LogP contribution is -2.37. The van der Waals surface area contributed by atoms with Crippen LogP contribution in [0, 0.1) is 5.92 Å². The molecule has 9 heteroatoms. The number of nitrogens with one attached hydrogen (secondary N) is 1. The largest absolute Gasteiger partial charge is 0.481 e. The van der Waals surface area contributed by atoms with Crippen LogP contribution in [0.1, 0.15) is 6.92 Å². The number of aromatic nitrogens is 3. The lowest BCUT2D eigenvalue weighted by molar-refractivity contribution is -0.141. The van der Waals surface area contributed by atoms with Gasteiger partial charge >= 0.3 is 12.0 Å². The highest BCUT2D eigenvalue weighted by Crippen LogP contribution is 2.15. The minimum absolute atomic E-state index is 0.103. The molecule has 2 rings (SSSR count). The van der Waals surface area contributed by atoms with Crippen molar-refractivity contribution in [1.29, 1.82) is 0 Å². The number of nitrogens with zero attached hydrogens (tertiary/aromatic N) is 4. The number of amides is 2. The van der Waals surface area contributed by atoms with Crippen molar-refractivity contribution in [1.82, 2.24) is 19.7 Å². The molecule has 8 nitrogen and oxygen atoms in total. The Morgan fingerprint density at radius 1 is 1.43 bits per heavy atom. The number of urea groups is 1. The van der Waals surface area contributed by atoms with Gasteiger partial charge in [0.1, 0.15) is 5.82 Å². The summed E-state index contributed by atoms with van der Waals surface area (Å²) in [6.45, 7) is 1.65. The van der Waals surface area contributed by atoms with Crippen LogP contribution >= 0.6 is 15.9 Å². The highest BCUT2D eigenvalue weighted by atomic mass is 79.9. The van der Waals surface area contributed by atoms with E-state index in [2.05, 4.69) is 31.3 Å². The summed E-state index contributed by atoms with van der Waals surface area (Å²) in [7, 11) is 1.54. The van der Waals surface area contributed by atoms with Crippen molar-refractivity contribution in [3.05, 3.63) is 35.1 Å². The molecule has 2 heterocycles. The van der Waals surface area contributed by atoms with Crippen molar-refractivity contribution in [3.8, 4) is 5.82 Å². The van der Waals surface area contributed by atoms with Gasteiger partial charge in [0.05, 0.1) is 12.1 Å². The quantitative estimate of drug-likeness (QED) is 0.826. The topological polar surface area (TPSA) is 100 Å². The number of anilines is 1. The number of pyridine rings is 1. The molecule has 0 aliphatic carbocycles. The van der Waals surface area contributed by atoms with Crippen LogP contribution in [-0.4, -0.2) is 50.4 Å². The van der Waals surface area contributed by atoms with E-state index in [1.807, 2.05) is 6.07 Å². The van der Waals surface area contributed by atoms with Gasteiger partial charge in [0.2, 0.25) is 0 Å². The summed E-state index contributed by atoms with van der Waals surface area (Å²) in [5, 5.41) is 15.7. The maximum Gasteiger partial charge on any atom is 0.322 e. The van der Waals surface area contributed by atoms with Gasteiger partial charge in [-0.25, -0.2) is 9.78 Å². The second kappa shape index (κ2) is 7.23. The van der Waals surface area contributed by atoms with Crippen LogP contribution < -0.4 is 5.32 Å². The summed E-state index contributed by atoms with van der Waals surface area (Å²) in [6, 6.07) is 4.78. The fourth-order valence-electron chi connectivity index (χ4n) is 1.85. The number of hydrogen-bond donors (Lipinski definition) is 2. The second-order valence-electron chi connectivity index (χ2n) is 5.01. The maximum absolute atomic E-state index is 12.2. The number of carboxylic acids is 1. The molecule has 23 heavy (non-hydrogen) atoms. The maximum atomic E-state index is 12.2. The molecular formula is C14H16BrN5O3. The lowest BCUT2D eigenvalue weighted by Gasteiger charge is -2.20. The highest BCUT2D eigenvalue weighted by Gasteiger charge is 2.18. The molecule has 2 aromatic rings. The van der Waals surface area contributed by atoms with E-state index < -0.39 is 17.9 Å². The van der Waals surface area contributed by atoms with Crippen molar-refractivity contribution < 1.29 is 14.7 Å². The summed E-state index contributed by atoms with van der Waals surface area (Å²) in [5.41, 5.74) is 0. The van der Waals surface area contributed by atoms with Gasteiger partial charge in [0.15, 0.2) is 5.82 Å². The summed E-state index contributed by atoms with van der Waals surface area (Å²) in [4.78, 5) is 28.5. The average Bonchev–Trinajstić information content (AvgIpc) is 2.95. The Labute approximate surface area is 141 Å². The van der Waals surface area contributed by atoms with Gasteiger partial charge in [-0.15, -0.1) is 0 Å². The molecule has 2 amide bonds. The Bertz CT molecular complexity index is 701. The van der Waals surface area contributed by atoms with Crippen LogP contribution in [0.5, 0.6) is 0 Å². The minimum atomic E-state index is -0.950. The number of aliphatic carboxylic acids is 1. The van der Waals surface area contributed by atoms with E-state index in [1.165, 1.54) is 16.6 Å². The van der Waals surface area contributed by atoms with Gasteiger partial charge in [-0.1, -0.05) is 6.92 Å². The summed E-state index contributed by atoms with van der Waals surface area (Å²) in [5.74, 6) is -0.604. The standard InChI is InChI=1S/C14H16BrN5O3/c1-9(13(21)22)8-19(2)14(23)18-12-5-6-17-20(12)11-4-3-10(15)7-16-11/h3-7,9H,8H2,1-2H3,(H,18,23)(H,21,22). The van der Waals surface area contributed by atoms with Gasteiger partial charge in [-0.05, 0) is 28.1 Å². The first kappa shape index (κ1) is 16.9. The molecule has 1 atom stereocenters. The van der Waals surface area contributed by atoms with Crippen LogP contribution in [0.15, 0.2) is 35.1 Å². The van der Waals surface area contributed by atoms with E-state index in [4.69, 9.17) is 5.11 Å². The smallest absolute Gasteiger partial charge is 0.322 e. The van der Waals surface area contributed by atoms with E-state index in [-0.39, 0.29) is 6.54 Å². The molecular weight excluding hydrogens is 366 g/mol. The molecule has 0 aliphatic heterocycles. The van der Waals surface area contributed by atoms with Crippen molar-refractivity contribution in [3.63, 3.8) is 0 Å². The predicted molar refractivity (Wildman–Crippen MR) is 87.5 cm³/mol. The third-order valence-electron chi connectivity index (χ3n) is 3.12. The Kier molecular flexibility index (Phi) is 5.32. The Hall–Kier alpha value is -2.42. The van der Waals surface area contributed by atoms with Crippen molar-refractivity contribution in [2.75, 3.05) is 18.9 Å². The molecule has 0 aliphatic rings. The summed E-state index contributed by atoms with van der Waals surface area (Å²) >= 11 is 3.30. The Morgan fingerprint density at radius 3 is 2.78 bits per heavy atom. The number of hydrogen-bond acceptors (Lipinski definition) is 4. The molecule has 0 saturated heterocycles. The van der Waals surface area contributed by atoms with Crippen molar-refractivity contribution in [2.24, 2.45) is 5.92 Å². The number of carbonyl (C=O) groups is 2. The summed E-state index contributed by atoms with van der Waals surface area (Å²) in [6.07, 6.45) is 3.17. The minimum Gasteiger partial charge on any atom is -0.481 e. The molecule has 2 N–H and O–H groups in total. The van der Waals surface area contributed by atoms with E-state index in [1.54, 1.807) is 31.5 Å². The van der Waals surface area contributed by atoms with Gasteiger partial charge in [0, 0.05) is 30.3 Å². The number of rotatable bonds is 5. The fraction of sp³-hybridized carbons (Fsp3) is 0.286. The second-order valence-corrected chi connectivity index (χ2v) is 5.93. The van der Waals surface area contributed by atoms with Crippen LogP contribution in [0.4, 0.5) is 10.6 Å². The van der Waals surface area contributed by atoms with Crippen LogP contribution in [0.25, 0.3) is 5.82 Å². The molecule has 0 saturated carbocycles. The zero-order valence-electron chi connectivity index (χ0n) is 12.6. The van der Waals surface area contributed by atoms with E-state index in [9.17, 15) is 9.59 Å². The average molecular weight is 382 g/mol. The van der Waals surface area contributed by atoms with Crippen molar-refractivity contribution in [2.45, 2.75) is 6.92 Å². The van der Waals surface area contributed by atoms with Gasteiger partial charge in [0.25, 0.3) is 0 Å². The zero-order chi connectivity index (χ0) is 17.0. The number of carbonyl (C=O) groups excluding carboxylic acids is 1. The predicted octanol–water partition coefficient (Wildman–Crippen LogP) is 2.21. The summed E-state index contributed by atoms with van der Waals surface area (Å²) < 4.78 is 2.32. The van der Waals surface area contributed by atoms with Crippen LogP contribution in [0.3, 0.4) is 0 Å². The third-order valence-corrected chi connectivity index (χ3v) is 3.59. The van der Waals surface area contributed by atoms with Gasteiger partial charge in [-0.2, -0.15) is 9.78 Å². The van der Waals surface area contributed by atoms with Crippen LogP contribution in [-0.2, 0) is 4.79 Å². The monoisotopic (exact) mass is 381 g/mol. The molecule has 0 fully saturated rings. The SMILES string of the molecule is CC(CN(C)C(=O)Nc1ccnn1-c1ccc(Br)cn1)C(=O)O. The fourth-order valence-corrected chi connectivity index (χ4v) is 2.09. The highest BCUT2D eigenvalue weighted by molar-refractivity contribution is 9.10. The molecule has 122 valence electrons. The van der Waals surface area contributed by atoms with E-state index in [0.29, 0.717) is 11.6 Å². The number of carboxylic acid groups (broad SMARTS) is 1. The van der Waals surface area contributed by atoms with Gasteiger partial charge in [-0.3, -0.25) is 10.1 Å². The first-order chi connectivity index (χ1) is 10.9. The molecule has 0 aromatic carbocycles. The van der Waals surface area contributed by atoms with Crippen molar-refractivity contribution >= 4 is 33.7 Å². The molecule has 0 spiro atoms. The lowest BCUT2D eigenvalue weighted by atomic mass is 10.2. The molecule has 0 radical (unpaired) electrons. The van der Waals surface area contributed by atoms with E-state index in [0.717, 1.165) is 4.47 Å². The Morgan fingerprint density at radius 2 is 2.17 bits per heavy atom. The van der Waals surface area contributed by atoms with Crippen LogP contribution in [0.2, 0.25) is 0 Å². The zero-order valence-corrected chi connectivity index (χ0v) is 14.2. The van der Waals surface area contributed by atoms with E-state index >= 15 is 0 Å². The van der Waals surface area contributed by atoms with Gasteiger partial charge < -0.3 is 10.0 Å². The normalized spacial score (nSPS) is 11.8. The molecule has 0 bridgehead atoms. The Balaban J connectivity index is 2.09. The first-order valence-electron chi connectivity index (χ1n) is 6.79. The molecule has 2 aromatic heterocycles. The molecule has 1 unspecified atom stereocenters. The first-order valence-corrected chi connectivity index (χ1v) is 7.58. The number of halogens is 1.